The van der Waals surface area contributed by atoms with Crippen molar-refractivity contribution in [2.45, 2.75) is 25.8 Å². The lowest BCUT2D eigenvalue weighted by atomic mass is 9.95. The van der Waals surface area contributed by atoms with Gasteiger partial charge in [-0.1, -0.05) is 6.07 Å². The van der Waals surface area contributed by atoms with Gasteiger partial charge in [-0.3, -0.25) is 9.59 Å². The lowest BCUT2D eigenvalue weighted by molar-refractivity contribution is -0.129. The van der Waals surface area contributed by atoms with Crippen LogP contribution in [0.3, 0.4) is 0 Å². The zero-order valence-corrected chi connectivity index (χ0v) is 21.5. The molecule has 0 radical (unpaired) electrons. The van der Waals surface area contributed by atoms with E-state index in [1.165, 1.54) is 5.56 Å². The van der Waals surface area contributed by atoms with Crippen LogP contribution < -0.4 is 9.47 Å². The molecule has 0 aliphatic carbocycles. The second-order valence-corrected chi connectivity index (χ2v) is 10.4. The van der Waals surface area contributed by atoms with Gasteiger partial charge < -0.3 is 23.8 Å². The van der Waals surface area contributed by atoms with Crippen LogP contribution in [0.1, 0.15) is 28.9 Å². The maximum Gasteiger partial charge on any atom is 0.270 e. The van der Waals surface area contributed by atoms with Gasteiger partial charge in [-0.05, 0) is 54.0 Å². The first kappa shape index (κ1) is 23.5. The molecule has 5 rings (SSSR count). The van der Waals surface area contributed by atoms with E-state index in [2.05, 4.69) is 22.1 Å². The van der Waals surface area contributed by atoms with Crippen molar-refractivity contribution in [2.24, 2.45) is 5.92 Å². The van der Waals surface area contributed by atoms with E-state index in [0.717, 1.165) is 46.8 Å². The summed E-state index contributed by atoms with van der Waals surface area (Å²) in [5, 5.41) is 2.06. The largest absolute Gasteiger partial charge is 0.493 e. The predicted octanol–water partition coefficient (Wildman–Crippen LogP) is 4.40. The Morgan fingerprint density at radius 3 is 2.54 bits per heavy atom. The fourth-order valence-electron chi connectivity index (χ4n) is 5.22. The topological polar surface area (TPSA) is 64.0 Å². The molecule has 2 aromatic heterocycles. The van der Waals surface area contributed by atoms with Crippen molar-refractivity contribution >= 4 is 23.2 Å². The van der Waals surface area contributed by atoms with Gasteiger partial charge in [0.25, 0.3) is 5.91 Å². The maximum atomic E-state index is 13.8. The molecular weight excluding hydrogens is 462 g/mol. The predicted molar refractivity (Wildman–Crippen MR) is 137 cm³/mol. The number of fused-ring (bicyclic) bond motifs is 3. The van der Waals surface area contributed by atoms with Crippen LogP contribution in [0.15, 0.2) is 35.7 Å². The van der Waals surface area contributed by atoms with Crippen molar-refractivity contribution < 1.29 is 19.1 Å². The summed E-state index contributed by atoms with van der Waals surface area (Å²) < 4.78 is 13.3. The first-order chi connectivity index (χ1) is 16.9. The third-order valence-corrected chi connectivity index (χ3v) is 8.01. The van der Waals surface area contributed by atoms with E-state index in [9.17, 15) is 9.59 Å². The van der Waals surface area contributed by atoms with E-state index < -0.39 is 0 Å². The second-order valence-electron chi connectivity index (χ2n) is 9.43. The van der Waals surface area contributed by atoms with Crippen molar-refractivity contribution in [1.29, 1.82) is 0 Å². The molecule has 0 unspecified atom stereocenters. The van der Waals surface area contributed by atoms with Crippen molar-refractivity contribution in [2.75, 3.05) is 41.4 Å². The summed E-state index contributed by atoms with van der Waals surface area (Å²) in [6.07, 6.45) is 2.15. The Balaban J connectivity index is 1.53. The van der Waals surface area contributed by atoms with E-state index in [0.29, 0.717) is 31.0 Å². The molecule has 35 heavy (non-hydrogen) atoms. The van der Waals surface area contributed by atoms with E-state index in [1.807, 2.05) is 23.1 Å². The number of hydrogen-bond donors (Lipinski definition) is 0. The number of methoxy groups -OCH3 is 2. The average molecular weight is 494 g/mol. The average Bonchev–Trinajstić information content (AvgIpc) is 3.62. The van der Waals surface area contributed by atoms with Gasteiger partial charge in [-0.2, -0.15) is 0 Å². The van der Waals surface area contributed by atoms with Gasteiger partial charge >= 0.3 is 0 Å². The van der Waals surface area contributed by atoms with Crippen LogP contribution in [0, 0.1) is 5.92 Å². The van der Waals surface area contributed by atoms with E-state index in [-0.39, 0.29) is 17.7 Å². The Kier molecular flexibility index (Phi) is 6.32. The summed E-state index contributed by atoms with van der Waals surface area (Å²) in [5.74, 6) is 1.76. The van der Waals surface area contributed by atoms with Crippen LogP contribution in [0.5, 0.6) is 11.5 Å². The number of amides is 2. The number of rotatable bonds is 6. The summed E-state index contributed by atoms with van der Waals surface area (Å²) in [6, 6.07) is 10.3. The second kappa shape index (κ2) is 9.41. The smallest absolute Gasteiger partial charge is 0.270 e. The summed E-state index contributed by atoms with van der Waals surface area (Å²) >= 11 is 1.67. The number of thiophene rings is 1. The molecule has 2 aliphatic heterocycles. The van der Waals surface area contributed by atoms with Gasteiger partial charge in [-0.25, -0.2) is 0 Å². The number of carbonyl (C=O) groups excluding carboxylic acids is 2. The van der Waals surface area contributed by atoms with Crippen LogP contribution in [-0.2, 0) is 17.8 Å². The summed E-state index contributed by atoms with van der Waals surface area (Å²) in [7, 11) is 6.86. The van der Waals surface area contributed by atoms with E-state index >= 15 is 0 Å². The molecule has 8 heteroatoms. The quantitative estimate of drug-likeness (QED) is 0.511. The lowest BCUT2D eigenvalue weighted by Crippen LogP contribution is -2.32. The lowest BCUT2D eigenvalue weighted by Gasteiger charge is -2.25. The van der Waals surface area contributed by atoms with Gasteiger partial charge in [0.15, 0.2) is 11.5 Å². The van der Waals surface area contributed by atoms with E-state index in [4.69, 9.17) is 9.47 Å². The Labute approximate surface area is 209 Å². The van der Waals surface area contributed by atoms with Gasteiger partial charge in [-0.15, -0.1) is 11.3 Å². The van der Waals surface area contributed by atoms with Crippen molar-refractivity contribution in [3.05, 3.63) is 47.0 Å². The molecule has 0 N–H and O–H groups in total. The van der Waals surface area contributed by atoms with Gasteiger partial charge in [0.05, 0.1) is 19.9 Å². The molecule has 0 spiro atoms. The number of benzene rings is 1. The Hall–Kier alpha value is -3.26. The van der Waals surface area contributed by atoms with Crippen molar-refractivity contribution in [1.82, 2.24) is 14.4 Å². The summed E-state index contributed by atoms with van der Waals surface area (Å²) in [5.41, 5.74) is 5.09. The molecule has 184 valence electrons. The SMILES string of the molecule is COc1cc2c(cc1OC)-c1c(-c3cccs3)cc(C(=O)N3CC[C@@H](CC(=O)N(C)C)C3)n1CC2. The van der Waals surface area contributed by atoms with Crippen LogP contribution in [0.4, 0.5) is 0 Å². The zero-order chi connectivity index (χ0) is 24.7. The highest BCUT2D eigenvalue weighted by atomic mass is 32.1. The number of likely N-dealkylation sites (tertiary alicyclic amines) is 1. The van der Waals surface area contributed by atoms with Crippen LogP contribution >= 0.6 is 11.3 Å². The molecule has 0 saturated carbocycles. The number of aromatic nitrogens is 1. The Morgan fingerprint density at radius 2 is 1.86 bits per heavy atom. The van der Waals surface area contributed by atoms with Crippen molar-refractivity contribution in [3.63, 3.8) is 0 Å². The molecule has 4 heterocycles. The third-order valence-electron chi connectivity index (χ3n) is 7.11. The van der Waals surface area contributed by atoms with Crippen LogP contribution in [0.25, 0.3) is 21.7 Å². The molecule has 1 saturated heterocycles. The normalized spacial score (nSPS) is 16.6. The summed E-state index contributed by atoms with van der Waals surface area (Å²) in [4.78, 5) is 30.6. The third kappa shape index (κ3) is 4.20. The Morgan fingerprint density at radius 1 is 1.09 bits per heavy atom. The minimum Gasteiger partial charge on any atom is -0.493 e. The molecule has 7 nitrogen and oxygen atoms in total. The van der Waals surface area contributed by atoms with E-state index in [1.54, 1.807) is 44.6 Å². The Bertz CT molecular complexity index is 1260. The van der Waals surface area contributed by atoms with Gasteiger partial charge in [0, 0.05) is 56.2 Å². The first-order valence-corrected chi connectivity index (χ1v) is 12.8. The molecular formula is C27H31N3O4S. The monoisotopic (exact) mass is 493 g/mol. The molecule has 1 atom stereocenters. The number of aryl methyl sites for hydroxylation is 1. The molecule has 0 bridgehead atoms. The number of hydrogen-bond acceptors (Lipinski definition) is 5. The van der Waals surface area contributed by atoms with Gasteiger partial charge in [0.1, 0.15) is 5.69 Å². The van der Waals surface area contributed by atoms with Crippen LogP contribution in [0.2, 0.25) is 0 Å². The molecule has 2 amide bonds. The standard InChI is InChI=1S/C27H31N3O4S/c1-28(2)25(31)12-17-7-9-29(16-17)27(32)21-14-20(24-6-5-11-35-24)26-19-15-23(34-4)22(33-3)13-18(19)8-10-30(21)26/h5-6,11,13-15,17H,7-10,12,16H2,1-4H3/t17-/m0/s1. The van der Waals surface area contributed by atoms with Crippen LogP contribution in [-0.4, -0.2) is 67.6 Å². The molecule has 1 fully saturated rings. The highest BCUT2D eigenvalue weighted by Gasteiger charge is 2.33. The molecule has 2 aliphatic rings. The minimum atomic E-state index is 0.0396. The molecule has 3 aromatic rings. The highest BCUT2D eigenvalue weighted by Crippen LogP contribution is 2.45. The number of nitrogens with zero attached hydrogens (tertiary/aromatic N) is 3. The fraction of sp³-hybridized carbons (Fsp3) is 0.407. The highest BCUT2D eigenvalue weighted by molar-refractivity contribution is 7.13. The number of carbonyl (C=O) groups is 2. The van der Waals surface area contributed by atoms with Gasteiger partial charge in [0.2, 0.25) is 5.91 Å². The first-order valence-electron chi connectivity index (χ1n) is 11.9. The summed E-state index contributed by atoms with van der Waals surface area (Å²) in [6.45, 7) is 2.02. The zero-order valence-electron chi connectivity index (χ0n) is 20.7. The minimum absolute atomic E-state index is 0.0396. The maximum absolute atomic E-state index is 13.8. The fourth-order valence-corrected chi connectivity index (χ4v) is 5.97. The van der Waals surface area contributed by atoms with Crippen molar-refractivity contribution in [3.8, 4) is 33.2 Å². The molecule has 1 aromatic carbocycles. The number of ether oxygens (including phenoxy) is 2.